The van der Waals surface area contributed by atoms with E-state index in [0.29, 0.717) is 11.8 Å². The van der Waals surface area contributed by atoms with Gasteiger partial charge in [-0.05, 0) is 11.8 Å². The summed E-state index contributed by atoms with van der Waals surface area (Å²) in [6.45, 7) is 8.14. The number of hydrogen-bond acceptors (Lipinski definition) is 2. The lowest BCUT2D eigenvalue weighted by molar-refractivity contribution is -0.140. The monoisotopic (exact) mass is 176 g/mol. The Balaban J connectivity index is 4.22. The Morgan fingerprint density at radius 3 is 1.64 bits per heavy atom. The van der Waals surface area contributed by atoms with Gasteiger partial charge in [-0.1, -0.05) is 27.7 Å². The van der Waals surface area contributed by atoms with E-state index in [-0.39, 0.29) is 11.9 Å². The quantitative estimate of drug-likeness (QED) is 0.616. The van der Waals surface area contributed by atoms with Crippen molar-refractivity contribution in [3.8, 4) is 0 Å². The molecule has 2 nitrogen and oxygen atoms in total. The minimum absolute atomic E-state index is 0.0208. The van der Waals surface area contributed by atoms with Gasteiger partial charge in [-0.2, -0.15) is 0 Å². The molecule has 3 heteroatoms. The Morgan fingerprint density at radius 2 is 1.55 bits per heavy atom. The van der Waals surface area contributed by atoms with Crippen LogP contribution in [0.4, 0.5) is 0 Å². The summed E-state index contributed by atoms with van der Waals surface area (Å²) >= 11 is 0. The van der Waals surface area contributed by atoms with Crippen LogP contribution in [0, 0.1) is 17.8 Å². The van der Waals surface area contributed by atoms with Crippen molar-refractivity contribution >= 4 is 15.4 Å². The number of hydrogen-bond donors (Lipinski definition) is 0. The summed E-state index contributed by atoms with van der Waals surface area (Å²) in [6.07, 6.45) is 0. The molecule has 0 rings (SSSR count). The molecule has 1 unspecified atom stereocenters. The van der Waals surface area contributed by atoms with Crippen LogP contribution >= 0.6 is 9.47 Å². The third-order valence-corrected chi connectivity index (χ3v) is 2.06. The summed E-state index contributed by atoms with van der Waals surface area (Å²) in [4.78, 5) is 11.2. The van der Waals surface area contributed by atoms with E-state index in [1.54, 1.807) is 0 Å². The minimum Gasteiger partial charge on any atom is -0.451 e. The van der Waals surface area contributed by atoms with Crippen LogP contribution in [0.25, 0.3) is 0 Å². The summed E-state index contributed by atoms with van der Waals surface area (Å²) in [5.74, 6) is 0.596. The molecule has 0 spiro atoms. The van der Waals surface area contributed by atoms with E-state index < -0.39 is 0 Å². The molecule has 0 fully saturated rings. The maximum absolute atomic E-state index is 11.2. The second kappa shape index (κ2) is 4.71. The first kappa shape index (κ1) is 10.9. The van der Waals surface area contributed by atoms with Crippen molar-refractivity contribution in [2.45, 2.75) is 27.7 Å². The molecule has 0 N–H and O–H groups in total. The Kier molecular flexibility index (Phi) is 4.67. The van der Waals surface area contributed by atoms with Gasteiger partial charge in [0.25, 0.3) is 0 Å². The molecule has 0 aromatic heterocycles. The van der Waals surface area contributed by atoms with Gasteiger partial charge in [0.2, 0.25) is 0 Å². The zero-order chi connectivity index (χ0) is 9.02. The Labute approximate surface area is 71.0 Å². The fourth-order valence-electron chi connectivity index (χ4n) is 1.39. The third-order valence-electron chi connectivity index (χ3n) is 1.82. The highest BCUT2D eigenvalue weighted by molar-refractivity contribution is 7.10. The first-order chi connectivity index (χ1) is 5.00. The Bertz CT molecular complexity index is 124. The number of carbonyl (C=O) groups excluding carboxylic acids is 1. The molecule has 0 heterocycles. The molecule has 0 aromatic rings. The van der Waals surface area contributed by atoms with Crippen molar-refractivity contribution in [2.24, 2.45) is 17.8 Å². The SMILES string of the molecule is CC(C)C(C(=O)OP)C(C)C. The highest BCUT2D eigenvalue weighted by Crippen LogP contribution is 2.22. The van der Waals surface area contributed by atoms with Crippen molar-refractivity contribution in [1.29, 1.82) is 0 Å². The van der Waals surface area contributed by atoms with Gasteiger partial charge in [0, 0.05) is 0 Å². The predicted octanol–water partition coefficient (Wildman–Crippen LogP) is 2.25. The average Bonchev–Trinajstić information content (AvgIpc) is 1.85. The van der Waals surface area contributed by atoms with Gasteiger partial charge in [-0.15, -0.1) is 0 Å². The molecular weight excluding hydrogens is 159 g/mol. The molecule has 0 saturated carbocycles. The van der Waals surface area contributed by atoms with E-state index in [1.165, 1.54) is 0 Å². The molecule has 0 aliphatic heterocycles. The molecular formula is C8H17O2P. The first-order valence-corrected chi connectivity index (χ1v) is 4.38. The van der Waals surface area contributed by atoms with Gasteiger partial charge in [0.05, 0.1) is 15.4 Å². The molecule has 0 aromatic carbocycles. The second-order valence-corrected chi connectivity index (χ2v) is 3.69. The van der Waals surface area contributed by atoms with Crippen LogP contribution in [0.2, 0.25) is 0 Å². The zero-order valence-electron chi connectivity index (χ0n) is 7.63. The standard InChI is InChI=1S/C8H17O2P/c1-5(2)7(6(3)4)8(9)10-11/h5-7H,11H2,1-4H3. The highest BCUT2D eigenvalue weighted by atomic mass is 31.0. The summed E-state index contributed by atoms with van der Waals surface area (Å²) in [5.41, 5.74) is 0. The number of rotatable bonds is 3. The van der Waals surface area contributed by atoms with E-state index in [0.717, 1.165) is 0 Å². The molecule has 0 bridgehead atoms. The van der Waals surface area contributed by atoms with Crippen molar-refractivity contribution < 1.29 is 9.32 Å². The predicted molar refractivity (Wildman–Crippen MR) is 49.0 cm³/mol. The van der Waals surface area contributed by atoms with Gasteiger partial charge in [0.15, 0.2) is 0 Å². The van der Waals surface area contributed by atoms with Crippen LogP contribution in [-0.4, -0.2) is 5.97 Å². The largest absolute Gasteiger partial charge is 0.451 e. The average molecular weight is 176 g/mol. The molecule has 11 heavy (non-hydrogen) atoms. The smallest absolute Gasteiger partial charge is 0.311 e. The second-order valence-electron chi connectivity index (χ2n) is 3.45. The van der Waals surface area contributed by atoms with Crippen LogP contribution in [0.1, 0.15) is 27.7 Å². The molecule has 66 valence electrons. The summed E-state index contributed by atoms with van der Waals surface area (Å²) in [7, 11) is 2.00. The van der Waals surface area contributed by atoms with Gasteiger partial charge in [-0.3, -0.25) is 4.79 Å². The van der Waals surface area contributed by atoms with Crippen LogP contribution in [0.5, 0.6) is 0 Å². The fraction of sp³-hybridized carbons (Fsp3) is 0.875. The van der Waals surface area contributed by atoms with Gasteiger partial charge < -0.3 is 4.52 Å². The van der Waals surface area contributed by atoms with Crippen LogP contribution < -0.4 is 0 Å². The van der Waals surface area contributed by atoms with E-state index in [9.17, 15) is 4.79 Å². The van der Waals surface area contributed by atoms with Crippen molar-refractivity contribution in [1.82, 2.24) is 0 Å². The van der Waals surface area contributed by atoms with Crippen molar-refractivity contribution in [3.63, 3.8) is 0 Å². The first-order valence-electron chi connectivity index (χ1n) is 3.91. The molecule has 0 amide bonds. The fourth-order valence-corrected chi connectivity index (χ4v) is 1.55. The van der Waals surface area contributed by atoms with Crippen LogP contribution in [0.3, 0.4) is 0 Å². The van der Waals surface area contributed by atoms with Crippen LogP contribution in [-0.2, 0) is 9.32 Å². The van der Waals surface area contributed by atoms with Crippen molar-refractivity contribution in [3.05, 3.63) is 0 Å². The molecule has 1 atom stereocenters. The lowest BCUT2D eigenvalue weighted by atomic mass is 9.86. The lowest BCUT2D eigenvalue weighted by Gasteiger charge is -2.21. The summed E-state index contributed by atoms with van der Waals surface area (Å²) < 4.78 is 4.61. The van der Waals surface area contributed by atoms with E-state index in [4.69, 9.17) is 0 Å². The zero-order valence-corrected chi connectivity index (χ0v) is 8.78. The summed E-state index contributed by atoms with van der Waals surface area (Å²) in [6, 6.07) is 0. The highest BCUT2D eigenvalue weighted by Gasteiger charge is 2.25. The molecule has 0 radical (unpaired) electrons. The van der Waals surface area contributed by atoms with Gasteiger partial charge in [0.1, 0.15) is 0 Å². The van der Waals surface area contributed by atoms with Gasteiger partial charge >= 0.3 is 5.97 Å². The molecule has 0 aliphatic carbocycles. The maximum Gasteiger partial charge on any atom is 0.311 e. The minimum atomic E-state index is -0.125. The lowest BCUT2D eigenvalue weighted by Crippen LogP contribution is -2.25. The Morgan fingerprint density at radius 1 is 1.18 bits per heavy atom. The van der Waals surface area contributed by atoms with E-state index in [1.807, 2.05) is 37.2 Å². The van der Waals surface area contributed by atoms with Crippen LogP contribution in [0.15, 0.2) is 0 Å². The number of carbonyl (C=O) groups is 1. The maximum atomic E-state index is 11.2. The normalized spacial score (nSPS) is 11.3. The Hall–Kier alpha value is -0.100. The van der Waals surface area contributed by atoms with Gasteiger partial charge in [-0.25, -0.2) is 0 Å². The third kappa shape index (κ3) is 3.20. The van der Waals surface area contributed by atoms with E-state index >= 15 is 0 Å². The summed E-state index contributed by atoms with van der Waals surface area (Å²) in [5, 5.41) is 0. The topological polar surface area (TPSA) is 26.3 Å². The van der Waals surface area contributed by atoms with E-state index in [2.05, 4.69) is 4.52 Å². The molecule has 0 saturated heterocycles. The van der Waals surface area contributed by atoms with Crippen molar-refractivity contribution in [2.75, 3.05) is 0 Å². The molecule has 0 aliphatic rings.